The lowest BCUT2D eigenvalue weighted by atomic mass is 10.1. The molecule has 5 nitrogen and oxygen atoms in total. The van der Waals surface area contributed by atoms with Crippen LogP contribution in [0, 0.1) is 11.3 Å². The number of hydrogen-bond donors (Lipinski definition) is 3. The Hall–Kier alpha value is -1.23. The van der Waals surface area contributed by atoms with Crippen LogP contribution >= 0.6 is 11.6 Å². The maximum atomic E-state index is 11.1. The van der Waals surface area contributed by atoms with Gasteiger partial charge in [-0.25, -0.2) is 4.79 Å². The highest BCUT2D eigenvalue weighted by atomic mass is 35.5. The summed E-state index contributed by atoms with van der Waals surface area (Å²) < 4.78 is 0. The van der Waals surface area contributed by atoms with Crippen molar-refractivity contribution in [1.82, 2.24) is 10.2 Å². The Bertz CT molecular complexity index is 404. The number of carboxylic acids is 1. The number of unbranched alkanes of at least 4 members (excludes halogenated alkanes) is 1. The molecule has 6 heteroatoms. The fraction of sp³-hybridized carbons (Fsp3) is 0.667. The normalized spacial score (nSPS) is 24.2. The van der Waals surface area contributed by atoms with Gasteiger partial charge in [-0.05, 0) is 25.2 Å². The molecule has 1 saturated carbocycles. The van der Waals surface area contributed by atoms with Crippen LogP contribution in [-0.4, -0.2) is 34.5 Å². The number of nitrogens with one attached hydrogen (secondary N) is 2. The van der Waals surface area contributed by atoms with Crippen molar-refractivity contribution in [2.75, 3.05) is 6.54 Å². The number of carboxylic acid groups (broad SMARTS) is 1. The van der Waals surface area contributed by atoms with Crippen molar-refractivity contribution in [3.05, 3.63) is 10.7 Å². The molecule has 1 unspecified atom stereocenters. The number of nitrogens with zero attached hydrogens (tertiary/aromatic N) is 1. The maximum absolute atomic E-state index is 11.1. The van der Waals surface area contributed by atoms with E-state index in [1.165, 1.54) is 0 Å². The molecule has 0 amide bonds. The highest BCUT2D eigenvalue weighted by Crippen LogP contribution is 2.37. The van der Waals surface area contributed by atoms with Gasteiger partial charge in [0, 0.05) is 6.54 Å². The molecular formula is C12H18ClN3O2. The number of amidine groups is 1. The molecule has 1 atom stereocenters. The van der Waals surface area contributed by atoms with E-state index in [1.54, 1.807) is 0 Å². The van der Waals surface area contributed by atoms with Crippen molar-refractivity contribution in [3.63, 3.8) is 0 Å². The maximum Gasteiger partial charge on any atom is 0.353 e. The second-order valence-electron chi connectivity index (χ2n) is 4.82. The summed E-state index contributed by atoms with van der Waals surface area (Å²) in [6.45, 7) is 2.83. The second-order valence-corrected chi connectivity index (χ2v) is 5.19. The molecule has 0 aromatic heterocycles. The monoisotopic (exact) mass is 271 g/mol. The van der Waals surface area contributed by atoms with Gasteiger partial charge in [0.2, 0.25) is 0 Å². The molecule has 2 aliphatic rings. The number of aliphatic carboxylic acids is 1. The third-order valence-corrected chi connectivity index (χ3v) is 3.75. The van der Waals surface area contributed by atoms with E-state index in [1.807, 2.05) is 4.90 Å². The molecule has 3 N–H and O–H groups in total. The first-order valence-electron chi connectivity index (χ1n) is 6.31. The Balaban J connectivity index is 2.23. The summed E-state index contributed by atoms with van der Waals surface area (Å²) in [5.41, 5.74) is -0.0358. The Kier molecular flexibility index (Phi) is 3.80. The smallest absolute Gasteiger partial charge is 0.353 e. The van der Waals surface area contributed by atoms with Crippen molar-refractivity contribution in [1.29, 1.82) is 5.41 Å². The van der Waals surface area contributed by atoms with Crippen molar-refractivity contribution in [2.24, 2.45) is 5.92 Å². The Morgan fingerprint density at radius 1 is 1.61 bits per heavy atom. The molecule has 0 saturated heterocycles. The molecule has 2 rings (SSSR count). The Labute approximate surface area is 111 Å². The zero-order valence-corrected chi connectivity index (χ0v) is 11.1. The molecule has 0 spiro atoms. The largest absolute Gasteiger partial charge is 0.477 e. The fourth-order valence-electron chi connectivity index (χ4n) is 2.19. The lowest BCUT2D eigenvalue weighted by Gasteiger charge is -2.39. The number of halogens is 1. The second kappa shape index (κ2) is 5.18. The lowest BCUT2D eigenvalue weighted by Crippen LogP contribution is -2.55. The van der Waals surface area contributed by atoms with E-state index in [0.29, 0.717) is 5.92 Å². The minimum absolute atomic E-state index is 0.00973. The van der Waals surface area contributed by atoms with E-state index in [9.17, 15) is 4.79 Å². The summed E-state index contributed by atoms with van der Waals surface area (Å²) in [5, 5.41) is 20.1. The first-order chi connectivity index (χ1) is 8.56. The van der Waals surface area contributed by atoms with Gasteiger partial charge in [-0.1, -0.05) is 24.9 Å². The highest BCUT2D eigenvalue weighted by Gasteiger charge is 2.41. The predicted octanol–water partition coefficient (Wildman–Crippen LogP) is 1.94. The minimum atomic E-state index is -1.09. The molecule has 0 radical (unpaired) electrons. The van der Waals surface area contributed by atoms with Gasteiger partial charge in [0.25, 0.3) is 0 Å². The summed E-state index contributed by atoms with van der Waals surface area (Å²) in [4.78, 5) is 13.0. The van der Waals surface area contributed by atoms with E-state index in [0.717, 1.165) is 32.2 Å². The van der Waals surface area contributed by atoms with Gasteiger partial charge in [-0.15, -0.1) is 0 Å². The number of hydrogen-bond acceptors (Lipinski definition) is 3. The average molecular weight is 272 g/mol. The van der Waals surface area contributed by atoms with Crippen molar-refractivity contribution in [2.45, 2.75) is 38.8 Å². The third-order valence-electron chi connectivity index (χ3n) is 3.38. The van der Waals surface area contributed by atoms with Crippen LogP contribution in [0.3, 0.4) is 0 Å². The summed E-state index contributed by atoms with van der Waals surface area (Å²) >= 11 is 5.96. The molecule has 100 valence electrons. The molecule has 0 bridgehead atoms. The first-order valence-corrected chi connectivity index (χ1v) is 6.69. The summed E-state index contributed by atoms with van der Waals surface area (Å²) in [6, 6.07) is 0. The van der Waals surface area contributed by atoms with Gasteiger partial charge in [0.15, 0.2) is 0 Å². The van der Waals surface area contributed by atoms with Crippen LogP contribution in [-0.2, 0) is 4.79 Å². The molecule has 1 aliphatic heterocycles. The van der Waals surface area contributed by atoms with E-state index in [2.05, 4.69) is 12.2 Å². The highest BCUT2D eigenvalue weighted by molar-refractivity contribution is 6.44. The van der Waals surface area contributed by atoms with Crippen LogP contribution in [0.4, 0.5) is 0 Å². The van der Waals surface area contributed by atoms with Gasteiger partial charge in [-0.3, -0.25) is 5.41 Å². The fourth-order valence-corrected chi connectivity index (χ4v) is 2.44. The summed E-state index contributed by atoms with van der Waals surface area (Å²) in [7, 11) is 0. The van der Waals surface area contributed by atoms with Crippen LogP contribution in [0.25, 0.3) is 0 Å². The van der Waals surface area contributed by atoms with E-state index < -0.39 is 5.97 Å². The molecule has 1 aliphatic carbocycles. The SMILES string of the molecule is CCCCN1C(=N)C(Cl)=C(C(=O)O)NC1C1CC1. The number of carbonyl (C=O) groups is 1. The van der Waals surface area contributed by atoms with E-state index >= 15 is 0 Å². The summed E-state index contributed by atoms with van der Waals surface area (Å²) in [5.74, 6) is -0.523. The Morgan fingerprint density at radius 3 is 2.78 bits per heavy atom. The van der Waals surface area contributed by atoms with Gasteiger partial charge < -0.3 is 15.3 Å². The molecule has 1 heterocycles. The lowest BCUT2D eigenvalue weighted by molar-refractivity contribution is -0.133. The predicted molar refractivity (Wildman–Crippen MR) is 69.5 cm³/mol. The van der Waals surface area contributed by atoms with Crippen LogP contribution in [0.2, 0.25) is 0 Å². The molecule has 0 aromatic carbocycles. The summed E-state index contributed by atoms with van der Waals surface area (Å²) in [6.07, 6.45) is 4.09. The van der Waals surface area contributed by atoms with Crippen molar-refractivity contribution in [3.8, 4) is 0 Å². The van der Waals surface area contributed by atoms with Crippen LogP contribution in [0.15, 0.2) is 10.7 Å². The average Bonchev–Trinajstić information content (AvgIpc) is 3.14. The standard InChI is InChI=1S/C12H18ClN3O2/c1-2-3-6-16-10(14)8(13)9(12(17)18)15-11(16)7-4-5-7/h7,11,14-15H,2-6H2,1H3,(H,17,18). The molecular weight excluding hydrogens is 254 g/mol. The van der Waals surface area contributed by atoms with Crippen LogP contribution in [0.1, 0.15) is 32.6 Å². The van der Waals surface area contributed by atoms with Crippen LogP contribution in [0.5, 0.6) is 0 Å². The molecule has 1 fully saturated rings. The zero-order valence-electron chi connectivity index (χ0n) is 10.4. The topological polar surface area (TPSA) is 76.4 Å². The third kappa shape index (κ3) is 2.46. The molecule has 18 heavy (non-hydrogen) atoms. The Morgan fingerprint density at radius 2 is 2.28 bits per heavy atom. The van der Waals surface area contributed by atoms with Gasteiger partial charge >= 0.3 is 5.97 Å². The zero-order chi connectivity index (χ0) is 13.3. The van der Waals surface area contributed by atoms with Crippen molar-refractivity contribution >= 4 is 23.4 Å². The van der Waals surface area contributed by atoms with E-state index in [4.69, 9.17) is 22.1 Å². The van der Waals surface area contributed by atoms with Gasteiger partial charge in [-0.2, -0.15) is 0 Å². The minimum Gasteiger partial charge on any atom is -0.477 e. The first kappa shape index (κ1) is 13.2. The van der Waals surface area contributed by atoms with Gasteiger partial charge in [0.05, 0.1) is 0 Å². The van der Waals surface area contributed by atoms with Gasteiger partial charge in [0.1, 0.15) is 22.7 Å². The molecule has 0 aromatic rings. The number of rotatable bonds is 5. The van der Waals surface area contributed by atoms with E-state index in [-0.39, 0.29) is 22.7 Å². The van der Waals surface area contributed by atoms with Crippen molar-refractivity contribution < 1.29 is 9.90 Å². The quantitative estimate of drug-likeness (QED) is 0.714. The van der Waals surface area contributed by atoms with Crippen LogP contribution < -0.4 is 5.32 Å².